The van der Waals surface area contributed by atoms with Crippen molar-refractivity contribution in [2.75, 3.05) is 7.05 Å². The third-order valence-electron chi connectivity index (χ3n) is 3.43. The van der Waals surface area contributed by atoms with Crippen LogP contribution in [0.1, 0.15) is 30.0 Å². The van der Waals surface area contributed by atoms with Gasteiger partial charge in [-0.1, -0.05) is 60.1 Å². The molecule has 2 heteroatoms. The first kappa shape index (κ1) is 14.1. The molecule has 100 valence electrons. The van der Waals surface area contributed by atoms with E-state index in [0.29, 0.717) is 6.04 Å². The summed E-state index contributed by atoms with van der Waals surface area (Å²) in [5, 5.41) is 4.21. The van der Waals surface area contributed by atoms with Gasteiger partial charge in [0.1, 0.15) is 0 Å². The Hall–Kier alpha value is -1.31. The van der Waals surface area contributed by atoms with Gasteiger partial charge in [-0.3, -0.25) is 0 Å². The monoisotopic (exact) mass is 273 g/mol. The quantitative estimate of drug-likeness (QED) is 0.810. The van der Waals surface area contributed by atoms with Crippen LogP contribution >= 0.6 is 11.6 Å². The minimum absolute atomic E-state index is 0.331. The maximum absolute atomic E-state index is 6.25. The van der Waals surface area contributed by atoms with Crippen LogP contribution in [-0.4, -0.2) is 7.05 Å². The van der Waals surface area contributed by atoms with E-state index in [1.807, 2.05) is 25.2 Å². The van der Waals surface area contributed by atoms with Crippen molar-refractivity contribution in [1.29, 1.82) is 0 Å². The lowest BCUT2D eigenvalue weighted by Gasteiger charge is -2.17. The first-order valence-electron chi connectivity index (χ1n) is 6.77. The maximum Gasteiger partial charge on any atom is 0.0453 e. The molecule has 0 amide bonds. The van der Waals surface area contributed by atoms with E-state index < -0.39 is 0 Å². The molecule has 0 fully saturated rings. The molecule has 0 bridgehead atoms. The molecule has 1 unspecified atom stereocenters. The maximum atomic E-state index is 6.25. The summed E-state index contributed by atoms with van der Waals surface area (Å²) in [6.07, 6.45) is 3.36. The normalized spacial score (nSPS) is 12.3. The fraction of sp³-hybridized carbons (Fsp3) is 0.294. The van der Waals surface area contributed by atoms with Crippen molar-refractivity contribution < 1.29 is 0 Å². The van der Waals surface area contributed by atoms with Gasteiger partial charge in [0.2, 0.25) is 0 Å². The Balaban J connectivity index is 1.92. The third kappa shape index (κ3) is 4.09. The van der Waals surface area contributed by atoms with Gasteiger partial charge in [0, 0.05) is 11.1 Å². The van der Waals surface area contributed by atoms with Gasteiger partial charge in [-0.05, 0) is 43.5 Å². The van der Waals surface area contributed by atoms with Crippen molar-refractivity contribution in [2.45, 2.75) is 25.3 Å². The van der Waals surface area contributed by atoms with Crippen LogP contribution in [0.5, 0.6) is 0 Å². The topological polar surface area (TPSA) is 12.0 Å². The van der Waals surface area contributed by atoms with Crippen LogP contribution in [0.3, 0.4) is 0 Å². The van der Waals surface area contributed by atoms with E-state index in [2.05, 4.69) is 41.7 Å². The molecule has 0 aliphatic rings. The summed E-state index contributed by atoms with van der Waals surface area (Å²) >= 11 is 6.25. The molecule has 0 aromatic heterocycles. The zero-order valence-corrected chi connectivity index (χ0v) is 12.0. The molecule has 1 nitrogen and oxygen atoms in total. The van der Waals surface area contributed by atoms with Crippen LogP contribution in [0.25, 0.3) is 0 Å². The zero-order valence-electron chi connectivity index (χ0n) is 11.3. The van der Waals surface area contributed by atoms with Crippen LogP contribution in [-0.2, 0) is 6.42 Å². The molecule has 0 aliphatic carbocycles. The molecular formula is C17H20ClN. The summed E-state index contributed by atoms with van der Waals surface area (Å²) in [7, 11) is 2.00. The average molecular weight is 274 g/mol. The van der Waals surface area contributed by atoms with E-state index in [0.717, 1.165) is 24.3 Å². The predicted molar refractivity (Wildman–Crippen MR) is 82.6 cm³/mol. The first-order valence-corrected chi connectivity index (χ1v) is 7.14. The van der Waals surface area contributed by atoms with Gasteiger partial charge in [-0.15, -0.1) is 0 Å². The number of halogens is 1. The van der Waals surface area contributed by atoms with Crippen LogP contribution < -0.4 is 5.32 Å². The van der Waals surface area contributed by atoms with Crippen LogP contribution in [0, 0.1) is 0 Å². The Kier molecular flexibility index (Phi) is 5.44. The Morgan fingerprint density at radius 2 is 1.68 bits per heavy atom. The van der Waals surface area contributed by atoms with Crippen LogP contribution in [0.4, 0.5) is 0 Å². The van der Waals surface area contributed by atoms with E-state index >= 15 is 0 Å². The van der Waals surface area contributed by atoms with E-state index in [-0.39, 0.29) is 0 Å². The van der Waals surface area contributed by atoms with Crippen molar-refractivity contribution in [1.82, 2.24) is 5.32 Å². The fourth-order valence-corrected chi connectivity index (χ4v) is 2.64. The fourth-order valence-electron chi connectivity index (χ4n) is 2.37. The zero-order chi connectivity index (χ0) is 13.5. The largest absolute Gasteiger partial charge is 0.313 e. The van der Waals surface area contributed by atoms with Gasteiger partial charge >= 0.3 is 0 Å². The van der Waals surface area contributed by atoms with Gasteiger partial charge in [0.15, 0.2) is 0 Å². The standard InChI is InChI=1S/C17H20ClN/c1-19-17(15-11-5-6-12-16(15)18)13-7-10-14-8-3-2-4-9-14/h2-6,8-9,11-12,17,19H,7,10,13H2,1H3. The van der Waals surface area contributed by atoms with Gasteiger partial charge in [-0.25, -0.2) is 0 Å². The summed E-state index contributed by atoms with van der Waals surface area (Å²) in [4.78, 5) is 0. The molecule has 2 aromatic rings. The highest BCUT2D eigenvalue weighted by Crippen LogP contribution is 2.26. The molecule has 0 saturated heterocycles. The number of benzene rings is 2. The molecule has 1 atom stereocenters. The second-order valence-corrected chi connectivity index (χ2v) is 5.15. The molecule has 2 rings (SSSR count). The lowest BCUT2D eigenvalue weighted by atomic mass is 9.99. The van der Waals surface area contributed by atoms with Gasteiger partial charge in [0.25, 0.3) is 0 Å². The molecule has 0 aliphatic heterocycles. The summed E-state index contributed by atoms with van der Waals surface area (Å²) in [5.41, 5.74) is 2.59. The molecule has 0 saturated carbocycles. The first-order chi connectivity index (χ1) is 9.31. The van der Waals surface area contributed by atoms with Crippen molar-refractivity contribution in [3.05, 3.63) is 70.7 Å². The highest BCUT2D eigenvalue weighted by atomic mass is 35.5. The van der Waals surface area contributed by atoms with E-state index in [9.17, 15) is 0 Å². The smallest absolute Gasteiger partial charge is 0.0453 e. The van der Waals surface area contributed by atoms with Crippen molar-refractivity contribution in [3.63, 3.8) is 0 Å². The van der Waals surface area contributed by atoms with Gasteiger partial charge in [0.05, 0.1) is 0 Å². The van der Waals surface area contributed by atoms with E-state index in [4.69, 9.17) is 11.6 Å². The minimum atomic E-state index is 0.331. The van der Waals surface area contributed by atoms with Crippen LogP contribution in [0.15, 0.2) is 54.6 Å². The van der Waals surface area contributed by atoms with Crippen LogP contribution in [0.2, 0.25) is 5.02 Å². The Bertz CT molecular complexity index is 496. The number of nitrogens with one attached hydrogen (secondary N) is 1. The summed E-state index contributed by atoms with van der Waals surface area (Å²) in [6, 6.07) is 19.0. The number of hydrogen-bond acceptors (Lipinski definition) is 1. The third-order valence-corrected chi connectivity index (χ3v) is 3.77. The molecule has 0 radical (unpaired) electrons. The number of hydrogen-bond donors (Lipinski definition) is 1. The summed E-state index contributed by atoms with van der Waals surface area (Å²) < 4.78 is 0. The van der Waals surface area contributed by atoms with Crippen molar-refractivity contribution >= 4 is 11.6 Å². The van der Waals surface area contributed by atoms with E-state index in [1.54, 1.807) is 0 Å². The van der Waals surface area contributed by atoms with Gasteiger partial charge in [-0.2, -0.15) is 0 Å². The Morgan fingerprint density at radius 1 is 1.00 bits per heavy atom. The predicted octanol–water partition coefficient (Wildman–Crippen LogP) is 4.62. The summed E-state index contributed by atoms with van der Waals surface area (Å²) in [5.74, 6) is 0. The second kappa shape index (κ2) is 7.32. The Morgan fingerprint density at radius 3 is 2.37 bits per heavy atom. The SMILES string of the molecule is CNC(CCCc1ccccc1)c1ccccc1Cl. The average Bonchev–Trinajstić information content (AvgIpc) is 2.46. The molecular weight excluding hydrogens is 254 g/mol. The molecule has 2 aromatic carbocycles. The minimum Gasteiger partial charge on any atom is -0.313 e. The Labute approximate surface area is 120 Å². The molecule has 0 spiro atoms. The molecule has 19 heavy (non-hydrogen) atoms. The molecule has 0 heterocycles. The number of rotatable bonds is 6. The highest BCUT2D eigenvalue weighted by Gasteiger charge is 2.11. The summed E-state index contributed by atoms with van der Waals surface area (Å²) in [6.45, 7) is 0. The molecule has 1 N–H and O–H groups in total. The van der Waals surface area contributed by atoms with E-state index in [1.165, 1.54) is 11.1 Å². The van der Waals surface area contributed by atoms with Crippen molar-refractivity contribution in [2.24, 2.45) is 0 Å². The van der Waals surface area contributed by atoms with Crippen molar-refractivity contribution in [3.8, 4) is 0 Å². The second-order valence-electron chi connectivity index (χ2n) is 4.74. The lowest BCUT2D eigenvalue weighted by molar-refractivity contribution is 0.527. The highest BCUT2D eigenvalue weighted by molar-refractivity contribution is 6.31. The number of aryl methyl sites for hydroxylation is 1. The lowest BCUT2D eigenvalue weighted by Crippen LogP contribution is -2.16. The van der Waals surface area contributed by atoms with Gasteiger partial charge < -0.3 is 5.32 Å².